The Morgan fingerprint density at radius 1 is 1.29 bits per heavy atom. The Labute approximate surface area is 126 Å². The van der Waals surface area contributed by atoms with E-state index in [4.69, 9.17) is 5.73 Å². The van der Waals surface area contributed by atoms with Crippen LogP contribution in [0.25, 0.3) is 0 Å². The molecular weight excluding hydrogens is 260 g/mol. The van der Waals surface area contributed by atoms with Crippen molar-refractivity contribution in [1.82, 2.24) is 14.5 Å². The number of likely N-dealkylation sites (N-methyl/N-ethyl adjacent to an activating group) is 1. The molecule has 1 aliphatic rings. The first-order chi connectivity index (χ1) is 10.1. The fraction of sp³-hybridized carbons (Fsp3) is 0.471. The molecule has 2 N–H and O–H groups in total. The molecule has 1 aromatic heterocycles. The smallest absolute Gasteiger partial charge is 0.0949 e. The number of hydrogen-bond acceptors (Lipinski definition) is 3. The van der Waals surface area contributed by atoms with Crippen molar-refractivity contribution in [3.05, 3.63) is 54.1 Å². The average Bonchev–Trinajstić information content (AvgIpc) is 2.90. The molecule has 21 heavy (non-hydrogen) atoms. The molecule has 1 saturated carbocycles. The molecule has 1 aliphatic carbocycles. The van der Waals surface area contributed by atoms with E-state index in [1.807, 2.05) is 30.7 Å². The number of benzene rings is 1. The van der Waals surface area contributed by atoms with E-state index >= 15 is 0 Å². The number of nitrogens with two attached hydrogens (primary N) is 1. The van der Waals surface area contributed by atoms with E-state index in [0.717, 1.165) is 17.8 Å². The van der Waals surface area contributed by atoms with Gasteiger partial charge in [-0.25, -0.2) is 4.98 Å². The molecule has 4 nitrogen and oxygen atoms in total. The molecule has 0 radical (unpaired) electrons. The highest BCUT2D eigenvalue weighted by Gasteiger charge is 2.39. The Morgan fingerprint density at radius 3 is 2.57 bits per heavy atom. The first kappa shape index (κ1) is 14.3. The van der Waals surface area contributed by atoms with Gasteiger partial charge in [0.2, 0.25) is 0 Å². The van der Waals surface area contributed by atoms with Crippen molar-refractivity contribution in [2.24, 2.45) is 5.73 Å². The molecule has 0 amide bonds. The molecule has 0 saturated heterocycles. The Morgan fingerprint density at radius 2 is 2.00 bits per heavy atom. The third-order valence-electron chi connectivity index (χ3n) is 4.92. The van der Waals surface area contributed by atoms with E-state index in [1.165, 1.54) is 19.3 Å². The van der Waals surface area contributed by atoms with E-state index in [-0.39, 0.29) is 11.6 Å². The third-order valence-corrected chi connectivity index (χ3v) is 4.92. The standard InChI is InChI=1S/C17H24N4/c1-20(2)17(9-6-10-17)12-21-13-19-11-15(21)16(18)14-7-4-3-5-8-14/h3-5,7-8,11,13,16H,6,9-10,12,18H2,1-2H3. The highest BCUT2D eigenvalue weighted by molar-refractivity contribution is 5.26. The summed E-state index contributed by atoms with van der Waals surface area (Å²) in [6, 6.07) is 10.1. The average molecular weight is 284 g/mol. The lowest BCUT2D eigenvalue weighted by atomic mass is 9.75. The van der Waals surface area contributed by atoms with Crippen molar-refractivity contribution in [3.63, 3.8) is 0 Å². The maximum Gasteiger partial charge on any atom is 0.0949 e. The molecule has 1 fully saturated rings. The van der Waals surface area contributed by atoms with E-state index in [0.29, 0.717) is 0 Å². The van der Waals surface area contributed by atoms with E-state index < -0.39 is 0 Å². The Hall–Kier alpha value is -1.65. The van der Waals surface area contributed by atoms with Crippen LogP contribution in [0.3, 0.4) is 0 Å². The van der Waals surface area contributed by atoms with Gasteiger partial charge >= 0.3 is 0 Å². The Bertz CT molecular complexity index is 584. The highest BCUT2D eigenvalue weighted by Crippen LogP contribution is 2.38. The molecule has 1 unspecified atom stereocenters. The summed E-state index contributed by atoms with van der Waals surface area (Å²) in [6.07, 6.45) is 7.63. The molecule has 3 rings (SSSR count). The minimum atomic E-state index is -0.118. The summed E-state index contributed by atoms with van der Waals surface area (Å²) in [5, 5.41) is 0. The molecule has 4 heteroatoms. The molecule has 0 bridgehead atoms. The Balaban J connectivity index is 1.84. The van der Waals surface area contributed by atoms with Gasteiger partial charge in [-0.3, -0.25) is 0 Å². The monoisotopic (exact) mass is 284 g/mol. The first-order valence-electron chi connectivity index (χ1n) is 7.60. The molecule has 1 aromatic carbocycles. The van der Waals surface area contributed by atoms with Gasteiger partial charge in [0.05, 0.1) is 24.3 Å². The topological polar surface area (TPSA) is 47.1 Å². The minimum Gasteiger partial charge on any atom is -0.331 e. The van der Waals surface area contributed by atoms with Gasteiger partial charge in [-0.05, 0) is 38.9 Å². The maximum absolute atomic E-state index is 6.44. The van der Waals surface area contributed by atoms with Gasteiger partial charge in [-0.2, -0.15) is 0 Å². The van der Waals surface area contributed by atoms with Crippen LogP contribution in [0.5, 0.6) is 0 Å². The molecule has 2 aromatic rings. The number of nitrogens with zero attached hydrogens (tertiary/aromatic N) is 3. The quantitative estimate of drug-likeness (QED) is 0.917. The largest absolute Gasteiger partial charge is 0.331 e. The minimum absolute atomic E-state index is 0.118. The summed E-state index contributed by atoms with van der Waals surface area (Å²) >= 11 is 0. The second-order valence-corrected chi connectivity index (χ2v) is 6.31. The van der Waals surface area contributed by atoms with Gasteiger partial charge < -0.3 is 15.2 Å². The number of hydrogen-bond donors (Lipinski definition) is 1. The van der Waals surface area contributed by atoms with Crippen molar-refractivity contribution in [2.45, 2.75) is 37.4 Å². The Kier molecular flexibility index (Phi) is 3.83. The second-order valence-electron chi connectivity index (χ2n) is 6.31. The van der Waals surface area contributed by atoms with Crippen LogP contribution >= 0.6 is 0 Å². The van der Waals surface area contributed by atoms with E-state index in [1.54, 1.807) is 0 Å². The van der Waals surface area contributed by atoms with Crippen molar-refractivity contribution < 1.29 is 0 Å². The summed E-state index contributed by atoms with van der Waals surface area (Å²) in [5.41, 5.74) is 8.93. The predicted octanol–water partition coefficient (Wildman–Crippen LogP) is 2.42. The SMILES string of the molecule is CN(C)C1(Cn2cncc2C(N)c2ccccc2)CCC1. The lowest BCUT2D eigenvalue weighted by Gasteiger charge is -2.47. The normalized spacial score (nSPS) is 18.5. The van der Waals surface area contributed by atoms with Crippen molar-refractivity contribution in [1.29, 1.82) is 0 Å². The molecule has 1 atom stereocenters. The van der Waals surface area contributed by atoms with Crippen LogP contribution in [0.15, 0.2) is 42.9 Å². The van der Waals surface area contributed by atoms with Gasteiger partial charge in [0.15, 0.2) is 0 Å². The summed E-state index contributed by atoms with van der Waals surface area (Å²) < 4.78 is 2.23. The predicted molar refractivity (Wildman–Crippen MR) is 85.0 cm³/mol. The summed E-state index contributed by atoms with van der Waals surface area (Å²) in [5.74, 6) is 0. The van der Waals surface area contributed by atoms with Crippen molar-refractivity contribution >= 4 is 0 Å². The van der Waals surface area contributed by atoms with Gasteiger partial charge in [0, 0.05) is 12.1 Å². The lowest BCUT2D eigenvalue weighted by molar-refractivity contribution is 0.0415. The zero-order chi connectivity index (χ0) is 14.9. The van der Waals surface area contributed by atoms with Crippen LogP contribution in [-0.2, 0) is 6.54 Å². The fourth-order valence-electron chi connectivity index (χ4n) is 3.20. The van der Waals surface area contributed by atoms with Crippen molar-refractivity contribution in [3.8, 4) is 0 Å². The number of imidazole rings is 1. The van der Waals surface area contributed by atoms with Crippen LogP contribution in [0.4, 0.5) is 0 Å². The van der Waals surface area contributed by atoms with Gasteiger partial charge in [-0.1, -0.05) is 30.3 Å². The zero-order valence-electron chi connectivity index (χ0n) is 12.9. The zero-order valence-corrected chi connectivity index (χ0v) is 12.9. The summed E-state index contributed by atoms with van der Waals surface area (Å²) in [6.45, 7) is 0.968. The molecule has 1 heterocycles. The lowest BCUT2D eigenvalue weighted by Crippen LogP contribution is -2.53. The number of aromatic nitrogens is 2. The van der Waals surface area contributed by atoms with Gasteiger partial charge in [-0.15, -0.1) is 0 Å². The second kappa shape index (κ2) is 5.62. The third kappa shape index (κ3) is 2.61. The van der Waals surface area contributed by atoms with Crippen LogP contribution in [0.2, 0.25) is 0 Å². The van der Waals surface area contributed by atoms with Crippen LogP contribution in [-0.4, -0.2) is 34.1 Å². The number of rotatable bonds is 5. The summed E-state index contributed by atoms with van der Waals surface area (Å²) in [4.78, 5) is 6.69. The van der Waals surface area contributed by atoms with E-state index in [2.05, 4.69) is 40.7 Å². The first-order valence-corrected chi connectivity index (χ1v) is 7.60. The van der Waals surface area contributed by atoms with Gasteiger partial charge in [0.1, 0.15) is 0 Å². The van der Waals surface area contributed by atoms with Crippen LogP contribution in [0, 0.1) is 0 Å². The summed E-state index contributed by atoms with van der Waals surface area (Å²) in [7, 11) is 4.35. The fourth-order valence-corrected chi connectivity index (χ4v) is 3.20. The molecule has 0 spiro atoms. The van der Waals surface area contributed by atoms with Crippen LogP contribution in [0.1, 0.15) is 36.6 Å². The van der Waals surface area contributed by atoms with Gasteiger partial charge in [0.25, 0.3) is 0 Å². The molecular formula is C17H24N4. The van der Waals surface area contributed by atoms with E-state index in [9.17, 15) is 0 Å². The van der Waals surface area contributed by atoms with Crippen molar-refractivity contribution in [2.75, 3.05) is 14.1 Å². The molecule has 0 aliphatic heterocycles. The highest BCUT2D eigenvalue weighted by atomic mass is 15.2. The molecule has 112 valence electrons. The van der Waals surface area contributed by atoms with Crippen LogP contribution < -0.4 is 5.73 Å². The maximum atomic E-state index is 6.44.